The van der Waals surface area contributed by atoms with E-state index in [0.717, 1.165) is 0 Å². The Balaban J connectivity index is 0.000000732. The third kappa shape index (κ3) is 6.57. The Hall–Kier alpha value is -4.19. The van der Waals surface area contributed by atoms with Crippen molar-refractivity contribution >= 4 is 11.5 Å². The SMILES string of the molecule is COc1ccc(-c2c(C(=O)c3ccccc3)c(C)[n+](C)c(-c3ccccc3)c2[N+](=O)[O-])cc1.[O-][Cl+3]([O-])([O-])[O-]. The second-order valence-corrected chi connectivity index (χ2v) is 8.77. The van der Waals surface area contributed by atoms with Crippen LogP contribution >= 0.6 is 0 Å². The first-order valence-electron chi connectivity index (χ1n) is 11.1. The Morgan fingerprint density at radius 2 is 1.34 bits per heavy atom. The topological polar surface area (TPSA) is 166 Å². The van der Waals surface area contributed by atoms with Gasteiger partial charge in [-0.05, 0) is 29.8 Å². The van der Waals surface area contributed by atoms with Crippen LogP contribution in [-0.2, 0) is 7.05 Å². The summed E-state index contributed by atoms with van der Waals surface area (Å²) in [4.78, 5) is 25.8. The fourth-order valence-corrected chi connectivity index (χ4v) is 4.07. The van der Waals surface area contributed by atoms with Gasteiger partial charge >= 0.3 is 5.69 Å². The van der Waals surface area contributed by atoms with Crippen LogP contribution in [0.4, 0.5) is 5.69 Å². The Morgan fingerprint density at radius 3 is 1.82 bits per heavy atom. The largest absolute Gasteiger partial charge is 0.497 e. The van der Waals surface area contributed by atoms with Gasteiger partial charge in [-0.25, -0.2) is 18.6 Å². The summed E-state index contributed by atoms with van der Waals surface area (Å²) in [5, 5.41) is 12.5. The highest BCUT2D eigenvalue weighted by atomic mass is 35.7. The monoisotopic (exact) mass is 538 g/mol. The van der Waals surface area contributed by atoms with Gasteiger partial charge in [0.05, 0.1) is 23.2 Å². The average molecular weight is 539 g/mol. The molecule has 3 aromatic carbocycles. The fraction of sp³-hybridized carbons (Fsp3) is 0.111. The molecule has 0 bridgehead atoms. The molecule has 4 aromatic rings. The summed E-state index contributed by atoms with van der Waals surface area (Å²) in [6.45, 7) is 1.82. The van der Waals surface area contributed by atoms with Crippen molar-refractivity contribution < 1.29 is 47.9 Å². The fourth-order valence-electron chi connectivity index (χ4n) is 4.07. The predicted octanol–water partition coefficient (Wildman–Crippen LogP) is 0.545. The number of pyridine rings is 1. The molecule has 0 aliphatic carbocycles. The van der Waals surface area contributed by atoms with Crippen LogP contribution in [0.3, 0.4) is 0 Å². The molecule has 11 heteroatoms. The molecule has 1 heterocycles. The molecule has 0 unspecified atom stereocenters. The van der Waals surface area contributed by atoms with Crippen LogP contribution in [0.2, 0.25) is 0 Å². The minimum Gasteiger partial charge on any atom is -0.497 e. The molecule has 0 spiro atoms. The summed E-state index contributed by atoms with van der Waals surface area (Å²) in [5.41, 5.74) is 3.31. The highest BCUT2D eigenvalue weighted by Gasteiger charge is 2.38. The van der Waals surface area contributed by atoms with Crippen molar-refractivity contribution in [3.8, 4) is 28.1 Å². The zero-order valence-corrected chi connectivity index (χ0v) is 21.4. The average Bonchev–Trinajstić information content (AvgIpc) is 2.89. The molecule has 4 rings (SSSR count). The summed E-state index contributed by atoms with van der Waals surface area (Å²) in [6, 6.07) is 25.0. The van der Waals surface area contributed by atoms with Crippen molar-refractivity contribution in [1.29, 1.82) is 0 Å². The van der Waals surface area contributed by atoms with E-state index in [-0.39, 0.29) is 11.5 Å². The van der Waals surface area contributed by atoms with Gasteiger partial charge in [0.1, 0.15) is 18.4 Å². The Morgan fingerprint density at radius 1 is 0.842 bits per heavy atom. The number of ketones is 1. The van der Waals surface area contributed by atoms with Gasteiger partial charge in [-0.2, -0.15) is 4.57 Å². The molecule has 0 saturated heterocycles. The lowest BCUT2D eigenvalue weighted by molar-refractivity contribution is -2.00. The lowest BCUT2D eigenvalue weighted by atomic mass is 9.89. The molecular formula is C27H23ClN2O8. The molecule has 0 aliphatic rings. The summed E-state index contributed by atoms with van der Waals surface area (Å²) < 4.78 is 41.0. The summed E-state index contributed by atoms with van der Waals surface area (Å²) in [6.07, 6.45) is 0. The smallest absolute Gasteiger partial charge is 0.349 e. The van der Waals surface area contributed by atoms with Gasteiger partial charge in [-0.3, -0.25) is 14.9 Å². The number of ether oxygens (including phenoxy) is 1. The number of nitrogens with zero attached hydrogens (tertiary/aromatic N) is 2. The number of aromatic nitrogens is 1. The molecule has 0 fully saturated rings. The van der Waals surface area contributed by atoms with Crippen LogP contribution in [0.15, 0.2) is 84.9 Å². The lowest BCUT2D eigenvalue weighted by Gasteiger charge is -2.17. The van der Waals surface area contributed by atoms with E-state index >= 15 is 0 Å². The summed E-state index contributed by atoms with van der Waals surface area (Å²) >= 11 is 0. The second-order valence-electron chi connectivity index (χ2n) is 8.02. The second kappa shape index (κ2) is 11.9. The molecule has 38 heavy (non-hydrogen) atoms. The van der Waals surface area contributed by atoms with Gasteiger partial charge in [0, 0.05) is 12.5 Å². The third-order valence-corrected chi connectivity index (χ3v) is 5.78. The van der Waals surface area contributed by atoms with E-state index in [1.54, 1.807) is 67.3 Å². The van der Waals surface area contributed by atoms with Gasteiger partial charge in [0.15, 0.2) is 11.5 Å². The van der Waals surface area contributed by atoms with Crippen molar-refractivity contribution in [3.63, 3.8) is 0 Å². The zero-order chi connectivity index (χ0) is 28.0. The zero-order valence-electron chi connectivity index (χ0n) is 20.6. The van der Waals surface area contributed by atoms with E-state index in [1.807, 2.05) is 43.3 Å². The molecule has 0 radical (unpaired) electrons. The van der Waals surface area contributed by atoms with Gasteiger partial charge in [-0.1, -0.05) is 60.7 Å². The van der Waals surface area contributed by atoms with Crippen LogP contribution < -0.4 is 27.9 Å². The summed E-state index contributed by atoms with van der Waals surface area (Å²) in [5.74, 6) is 0.357. The quantitative estimate of drug-likeness (QED) is 0.148. The number of hydrogen-bond donors (Lipinski definition) is 0. The van der Waals surface area contributed by atoms with Crippen molar-refractivity contribution in [2.45, 2.75) is 6.92 Å². The molecule has 1 aromatic heterocycles. The first kappa shape index (κ1) is 28.4. The Bertz CT molecular complexity index is 1430. The number of hydrogen-bond acceptors (Lipinski definition) is 8. The molecule has 10 nitrogen and oxygen atoms in total. The van der Waals surface area contributed by atoms with Gasteiger partial charge < -0.3 is 4.74 Å². The molecular weight excluding hydrogens is 516 g/mol. The van der Waals surface area contributed by atoms with Crippen molar-refractivity contribution in [2.75, 3.05) is 7.11 Å². The number of halogens is 1. The van der Waals surface area contributed by atoms with Crippen LogP contribution in [0.1, 0.15) is 21.6 Å². The number of benzene rings is 3. The number of methoxy groups -OCH3 is 1. The van der Waals surface area contributed by atoms with E-state index in [2.05, 4.69) is 0 Å². The molecule has 0 N–H and O–H groups in total. The maximum Gasteiger partial charge on any atom is 0.349 e. The highest BCUT2D eigenvalue weighted by Crippen LogP contribution is 2.41. The minimum atomic E-state index is -4.94. The van der Waals surface area contributed by atoms with E-state index in [0.29, 0.717) is 45.0 Å². The van der Waals surface area contributed by atoms with E-state index < -0.39 is 15.2 Å². The van der Waals surface area contributed by atoms with Crippen LogP contribution in [0.5, 0.6) is 5.75 Å². The van der Waals surface area contributed by atoms with Crippen molar-refractivity contribution in [2.24, 2.45) is 7.05 Å². The predicted molar refractivity (Wildman–Crippen MR) is 126 cm³/mol. The van der Waals surface area contributed by atoms with Crippen LogP contribution in [0.25, 0.3) is 22.4 Å². The van der Waals surface area contributed by atoms with Crippen LogP contribution in [-0.4, -0.2) is 17.8 Å². The first-order valence-corrected chi connectivity index (χ1v) is 12.3. The molecule has 0 atom stereocenters. The Labute approximate surface area is 220 Å². The lowest BCUT2D eigenvalue weighted by Crippen LogP contribution is -2.68. The maximum atomic E-state index is 13.7. The summed E-state index contributed by atoms with van der Waals surface area (Å²) in [7, 11) is -1.63. The number of carbonyl (C=O) groups excluding carboxylic acids is 1. The van der Waals surface area contributed by atoms with Crippen molar-refractivity contribution in [3.05, 3.63) is 112 Å². The van der Waals surface area contributed by atoms with E-state index in [1.165, 1.54) is 0 Å². The van der Waals surface area contributed by atoms with Gasteiger partial charge in [0.25, 0.3) is 5.69 Å². The van der Waals surface area contributed by atoms with E-state index in [9.17, 15) is 14.9 Å². The molecule has 0 aliphatic heterocycles. The third-order valence-electron chi connectivity index (χ3n) is 5.78. The molecule has 0 saturated carbocycles. The van der Waals surface area contributed by atoms with Crippen molar-refractivity contribution in [1.82, 2.24) is 0 Å². The van der Waals surface area contributed by atoms with E-state index in [4.69, 9.17) is 23.4 Å². The van der Waals surface area contributed by atoms with Gasteiger partial charge in [-0.15, -0.1) is 10.2 Å². The Kier molecular flexibility index (Phi) is 8.89. The molecule has 0 amide bonds. The number of rotatable bonds is 6. The number of nitro groups is 1. The van der Waals surface area contributed by atoms with Gasteiger partial charge in [0.2, 0.25) is 0 Å². The van der Waals surface area contributed by atoms with Crippen LogP contribution in [0, 0.1) is 27.3 Å². The normalized spacial score (nSPS) is 10.8. The standard InChI is InChI=1S/C27H23N2O4.ClHO4/c1-18-23(27(30)21-12-8-5-9-13-21)24(19-14-16-22(33-3)17-15-19)26(29(31)32)25(28(18)2)20-10-6-4-7-11-20;2-1(3,4)5/h4-17H,1-3H3;(H,2,3,4,5)/q+1;/p-1. The minimum absolute atomic E-state index is 0.112. The maximum absolute atomic E-state index is 13.7. The highest BCUT2D eigenvalue weighted by molar-refractivity contribution is 6.15. The molecule has 196 valence electrons. The number of carbonyl (C=O) groups is 1. The first-order chi connectivity index (χ1) is 17.9.